The molecule has 1 fully saturated rings. The summed E-state index contributed by atoms with van der Waals surface area (Å²) < 4.78 is 12.3. The van der Waals surface area contributed by atoms with E-state index < -0.39 is 0 Å². The minimum atomic E-state index is -0.0128. The van der Waals surface area contributed by atoms with E-state index in [-0.39, 0.29) is 5.91 Å². The molecule has 1 amide bonds. The average Bonchev–Trinajstić information content (AvgIpc) is 3.55. The molecule has 2 aliphatic heterocycles. The van der Waals surface area contributed by atoms with Crippen LogP contribution in [0.25, 0.3) is 10.1 Å². The molecule has 33 heavy (non-hydrogen) atoms. The normalized spacial score (nSPS) is 14.6. The van der Waals surface area contributed by atoms with Crippen LogP contribution >= 0.6 is 11.3 Å². The molecule has 2 aromatic carbocycles. The summed E-state index contributed by atoms with van der Waals surface area (Å²) in [7, 11) is 1.65. The van der Waals surface area contributed by atoms with Crippen molar-refractivity contribution in [3.63, 3.8) is 0 Å². The van der Waals surface area contributed by atoms with E-state index in [1.165, 1.54) is 55.8 Å². The molecule has 0 unspecified atom stereocenters. The van der Waals surface area contributed by atoms with Crippen LogP contribution in [0.4, 0.5) is 0 Å². The summed E-state index contributed by atoms with van der Waals surface area (Å²) in [5.74, 6) is 1.80. The van der Waals surface area contributed by atoms with Crippen molar-refractivity contribution in [3.05, 3.63) is 59.0 Å². The minimum Gasteiger partial charge on any atom is -0.486 e. The van der Waals surface area contributed by atoms with E-state index >= 15 is 0 Å². The average molecular weight is 469 g/mol. The van der Waals surface area contributed by atoms with Gasteiger partial charge in [0.05, 0.1) is 4.88 Å². The Balaban J connectivity index is 0.000000181. The molecule has 1 N–H and O–H groups in total. The molecule has 3 heterocycles. The fourth-order valence-electron chi connectivity index (χ4n) is 3.97. The van der Waals surface area contributed by atoms with Crippen molar-refractivity contribution in [1.29, 1.82) is 0 Å². The number of thiophene rings is 1. The number of hydrogen-bond donors (Lipinski definition) is 1. The number of nitrogens with zero attached hydrogens (tertiary/aromatic N) is 1. The van der Waals surface area contributed by atoms with Gasteiger partial charge in [0, 0.05) is 11.7 Å². The third kappa shape index (κ3) is 7.04. The first kappa shape index (κ1) is 24.7. The number of aryl methyl sites for hydroxylation is 1. The molecule has 0 atom stereocenters. The number of carbonyl (C=O) groups is 2. The van der Waals surface area contributed by atoms with Crippen LogP contribution in [0.5, 0.6) is 11.5 Å². The van der Waals surface area contributed by atoms with Crippen LogP contribution in [0.2, 0.25) is 0 Å². The van der Waals surface area contributed by atoms with Crippen LogP contribution in [-0.4, -0.2) is 57.5 Å². The van der Waals surface area contributed by atoms with Gasteiger partial charge in [-0.2, -0.15) is 0 Å². The molecule has 3 aromatic rings. The third-order valence-corrected chi connectivity index (χ3v) is 6.74. The first-order chi connectivity index (χ1) is 16.2. The predicted octanol–water partition coefficient (Wildman–Crippen LogP) is 4.56. The summed E-state index contributed by atoms with van der Waals surface area (Å²) in [6.07, 6.45) is 5.13. The summed E-state index contributed by atoms with van der Waals surface area (Å²) >= 11 is 1.52. The molecule has 0 spiro atoms. The Bertz CT molecular complexity index is 997. The van der Waals surface area contributed by atoms with Crippen LogP contribution in [-0.2, 0) is 11.2 Å². The van der Waals surface area contributed by atoms with E-state index in [9.17, 15) is 4.79 Å². The maximum Gasteiger partial charge on any atom is 0.261 e. The molecule has 1 aromatic heterocycles. The summed E-state index contributed by atoms with van der Waals surface area (Å²) in [5.41, 5.74) is 1.36. The van der Waals surface area contributed by atoms with E-state index in [0.717, 1.165) is 32.9 Å². The molecule has 0 bridgehead atoms. The number of rotatable bonds is 5. The number of fused-ring (bicyclic) bond motifs is 2. The molecule has 7 heteroatoms. The van der Waals surface area contributed by atoms with Gasteiger partial charge in [0.25, 0.3) is 5.91 Å². The van der Waals surface area contributed by atoms with Crippen LogP contribution in [0.15, 0.2) is 48.5 Å². The lowest BCUT2D eigenvalue weighted by atomic mass is 10.1. The van der Waals surface area contributed by atoms with Crippen LogP contribution in [0, 0.1) is 0 Å². The number of hydrogen-bond acceptors (Lipinski definition) is 6. The summed E-state index contributed by atoms with van der Waals surface area (Å²) in [4.78, 5) is 22.6. The lowest BCUT2D eigenvalue weighted by molar-refractivity contribution is -0.0980. The Labute approximate surface area is 199 Å². The topological polar surface area (TPSA) is 67.9 Å². The fraction of sp³-hybridized carbons (Fsp3) is 0.385. The van der Waals surface area contributed by atoms with E-state index in [1.807, 2.05) is 43.2 Å². The minimum absolute atomic E-state index is 0.0128. The molecule has 0 saturated carbocycles. The Hall–Kier alpha value is -2.90. The Morgan fingerprint density at radius 1 is 1.03 bits per heavy atom. The van der Waals surface area contributed by atoms with Crippen LogP contribution in [0.1, 0.15) is 34.5 Å². The zero-order valence-electron chi connectivity index (χ0n) is 19.2. The van der Waals surface area contributed by atoms with E-state index in [4.69, 9.17) is 14.3 Å². The van der Waals surface area contributed by atoms with Crippen molar-refractivity contribution in [3.8, 4) is 11.5 Å². The number of nitrogens with one attached hydrogen (secondary N) is 1. The maximum atomic E-state index is 11.3. The predicted molar refractivity (Wildman–Crippen MR) is 134 cm³/mol. The van der Waals surface area contributed by atoms with Gasteiger partial charge in [0.15, 0.2) is 11.5 Å². The summed E-state index contributed by atoms with van der Waals surface area (Å²) in [5, 5.41) is 3.74. The number of amides is 1. The van der Waals surface area contributed by atoms with Crippen molar-refractivity contribution in [1.82, 2.24) is 10.2 Å². The van der Waals surface area contributed by atoms with E-state index in [0.29, 0.717) is 13.2 Å². The number of likely N-dealkylation sites (tertiary alicyclic amines) is 1. The largest absolute Gasteiger partial charge is 0.486 e. The first-order valence-electron chi connectivity index (χ1n) is 11.3. The number of ether oxygens (including phenoxy) is 2. The number of benzene rings is 2. The Morgan fingerprint density at radius 3 is 2.48 bits per heavy atom. The van der Waals surface area contributed by atoms with Gasteiger partial charge >= 0.3 is 0 Å². The van der Waals surface area contributed by atoms with Gasteiger partial charge in [-0.3, -0.25) is 4.79 Å². The maximum absolute atomic E-state index is 11.3. The highest BCUT2D eigenvalue weighted by Gasteiger charge is 2.13. The van der Waals surface area contributed by atoms with Crippen molar-refractivity contribution in [2.75, 3.05) is 39.9 Å². The third-order valence-electron chi connectivity index (χ3n) is 5.62. The lowest BCUT2D eigenvalue weighted by Gasteiger charge is -2.19. The molecule has 1 saturated heterocycles. The molecule has 5 rings (SSSR count). The smallest absolute Gasteiger partial charge is 0.261 e. The second-order valence-electron chi connectivity index (χ2n) is 7.86. The monoisotopic (exact) mass is 468 g/mol. The quantitative estimate of drug-likeness (QED) is 0.595. The molecule has 0 aliphatic carbocycles. The second-order valence-corrected chi connectivity index (χ2v) is 8.94. The summed E-state index contributed by atoms with van der Waals surface area (Å²) in [6, 6.07) is 16.2. The van der Waals surface area contributed by atoms with Gasteiger partial charge in [0.1, 0.15) is 20.0 Å². The highest BCUT2D eigenvalue weighted by Crippen LogP contribution is 2.31. The Kier molecular flexibility index (Phi) is 9.72. The molecule has 0 radical (unpaired) electrons. The van der Waals surface area contributed by atoms with Crippen molar-refractivity contribution >= 4 is 34.1 Å². The SMILES string of the molecule is C=O.CNC(=O)c1cc2ccccc2s1.c1cc2c(cc1CCCN1CCCC1)OCCO2. The van der Waals surface area contributed by atoms with Gasteiger partial charge < -0.3 is 24.5 Å². The zero-order chi connectivity index (χ0) is 23.5. The molecule has 2 aliphatic rings. The van der Waals surface area contributed by atoms with Crippen molar-refractivity contribution in [2.45, 2.75) is 25.7 Å². The Morgan fingerprint density at radius 2 is 1.76 bits per heavy atom. The molecule has 6 nitrogen and oxygen atoms in total. The van der Waals surface area contributed by atoms with Gasteiger partial charge in [-0.05, 0) is 80.5 Å². The van der Waals surface area contributed by atoms with Crippen LogP contribution < -0.4 is 14.8 Å². The van der Waals surface area contributed by atoms with Gasteiger partial charge in [0.2, 0.25) is 0 Å². The number of carbonyl (C=O) groups excluding carboxylic acids is 2. The second kappa shape index (κ2) is 13.0. The van der Waals surface area contributed by atoms with Crippen LogP contribution in [0.3, 0.4) is 0 Å². The van der Waals surface area contributed by atoms with E-state index in [2.05, 4.69) is 22.3 Å². The van der Waals surface area contributed by atoms with Crippen molar-refractivity contribution in [2.24, 2.45) is 0 Å². The summed E-state index contributed by atoms with van der Waals surface area (Å²) in [6.45, 7) is 7.16. The lowest BCUT2D eigenvalue weighted by Crippen LogP contribution is -2.20. The van der Waals surface area contributed by atoms with E-state index in [1.54, 1.807) is 7.05 Å². The molecular formula is C26H32N2O4S. The highest BCUT2D eigenvalue weighted by molar-refractivity contribution is 7.20. The van der Waals surface area contributed by atoms with Gasteiger partial charge in [-0.1, -0.05) is 24.3 Å². The van der Waals surface area contributed by atoms with Crippen molar-refractivity contribution < 1.29 is 19.1 Å². The molecular weight excluding hydrogens is 436 g/mol. The zero-order valence-corrected chi connectivity index (χ0v) is 20.0. The highest BCUT2D eigenvalue weighted by atomic mass is 32.1. The first-order valence-corrected chi connectivity index (χ1v) is 12.1. The fourth-order valence-corrected chi connectivity index (χ4v) is 4.98. The molecule has 176 valence electrons. The van der Waals surface area contributed by atoms with Gasteiger partial charge in [-0.15, -0.1) is 11.3 Å². The standard InChI is InChI=1S/C15H21NO2.C10H9NOS.CH2O/c1-2-8-16(7-1)9-3-4-13-5-6-14-15(12-13)18-11-10-17-14;1-11-10(12)9-6-7-4-2-3-5-8(7)13-9;1-2/h5-6,12H,1-4,7-11H2;2-6H,1H3,(H,11,12);1H2. The van der Waals surface area contributed by atoms with Gasteiger partial charge in [-0.25, -0.2) is 0 Å².